The Balaban J connectivity index is 5.02. The summed E-state index contributed by atoms with van der Waals surface area (Å²) in [6, 6.07) is 0. The third-order valence-corrected chi connectivity index (χ3v) is 2.25. The standard InChI is InChI=1S/C8H16O7/c1-4(11)8(15,6(13)3-10)7(14)5(12)2-9/h5-7,9-10,12-15H,2-3H2,1H3/t5-,6+,7+,8-/m0/s1. The fourth-order valence-electron chi connectivity index (χ4n) is 1.17. The van der Waals surface area contributed by atoms with Gasteiger partial charge >= 0.3 is 0 Å². The van der Waals surface area contributed by atoms with E-state index in [0.29, 0.717) is 0 Å². The lowest BCUT2D eigenvalue weighted by Crippen LogP contribution is -2.62. The molecular formula is C8H16O7. The molecule has 15 heavy (non-hydrogen) atoms. The predicted molar refractivity (Wildman–Crippen MR) is 47.8 cm³/mol. The third-order valence-electron chi connectivity index (χ3n) is 2.25. The van der Waals surface area contributed by atoms with E-state index in [-0.39, 0.29) is 0 Å². The van der Waals surface area contributed by atoms with Crippen LogP contribution in [-0.2, 0) is 4.79 Å². The first-order valence-corrected chi connectivity index (χ1v) is 4.31. The number of aliphatic hydroxyl groups excluding tert-OH is 5. The second kappa shape index (κ2) is 5.50. The molecule has 0 saturated carbocycles. The van der Waals surface area contributed by atoms with E-state index in [0.717, 1.165) is 6.92 Å². The van der Waals surface area contributed by atoms with Crippen LogP contribution in [0.3, 0.4) is 0 Å². The lowest BCUT2D eigenvalue weighted by Gasteiger charge is -2.35. The Bertz CT molecular complexity index is 219. The van der Waals surface area contributed by atoms with Crippen LogP contribution in [0, 0.1) is 0 Å². The number of aliphatic hydroxyl groups is 6. The highest BCUT2D eigenvalue weighted by molar-refractivity contribution is 5.86. The third kappa shape index (κ3) is 2.71. The lowest BCUT2D eigenvalue weighted by atomic mass is 9.84. The minimum absolute atomic E-state index is 0.881. The van der Waals surface area contributed by atoms with Crippen LogP contribution in [0.4, 0.5) is 0 Å². The van der Waals surface area contributed by atoms with Gasteiger partial charge in [-0.15, -0.1) is 0 Å². The number of carbonyl (C=O) groups excluding carboxylic acids is 1. The van der Waals surface area contributed by atoms with Crippen LogP contribution in [0.25, 0.3) is 0 Å². The molecule has 0 aromatic carbocycles. The van der Waals surface area contributed by atoms with Gasteiger partial charge in [0.25, 0.3) is 0 Å². The summed E-state index contributed by atoms with van der Waals surface area (Å²) in [7, 11) is 0. The largest absolute Gasteiger partial charge is 0.394 e. The maximum Gasteiger partial charge on any atom is 0.179 e. The van der Waals surface area contributed by atoms with Gasteiger partial charge in [-0.25, -0.2) is 0 Å². The number of Topliss-reactive ketones (excluding diaryl/α,β-unsaturated/α-hetero) is 1. The van der Waals surface area contributed by atoms with E-state index in [1.165, 1.54) is 0 Å². The second-order valence-electron chi connectivity index (χ2n) is 3.27. The maximum absolute atomic E-state index is 11.1. The van der Waals surface area contributed by atoms with Crippen molar-refractivity contribution in [3.05, 3.63) is 0 Å². The lowest BCUT2D eigenvalue weighted by molar-refractivity contribution is -0.194. The summed E-state index contributed by atoms with van der Waals surface area (Å²) in [6.45, 7) is -0.980. The van der Waals surface area contributed by atoms with Crippen molar-refractivity contribution in [1.82, 2.24) is 0 Å². The summed E-state index contributed by atoms with van der Waals surface area (Å²) in [4.78, 5) is 11.1. The molecule has 0 heterocycles. The Kier molecular flexibility index (Phi) is 5.29. The van der Waals surface area contributed by atoms with Crippen molar-refractivity contribution < 1.29 is 35.4 Å². The predicted octanol–water partition coefficient (Wildman–Crippen LogP) is -3.63. The van der Waals surface area contributed by atoms with Crippen molar-refractivity contribution >= 4 is 5.78 Å². The first kappa shape index (κ1) is 14.4. The molecule has 0 amide bonds. The SMILES string of the molecule is CC(=O)[C@](O)([C@H](O)CO)[C@H](O)[C@@H](O)CO. The van der Waals surface area contributed by atoms with Gasteiger partial charge in [0, 0.05) is 0 Å². The number of rotatable bonds is 6. The van der Waals surface area contributed by atoms with Gasteiger partial charge in [-0.2, -0.15) is 0 Å². The normalized spacial score (nSPS) is 21.5. The average Bonchev–Trinajstić information content (AvgIpc) is 2.24. The zero-order valence-electron chi connectivity index (χ0n) is 8.24. The van der Waals surface area contributed by atoms with E-state index in [2.05, 4.69) is 0 Å². The van der Waals surface area contributed by atoms with Crippen LogP contribution in [0.15, 0.2) is 0 Å². The summed E-state index contributed by atoms with van der Waals surface area (Å²) in [5, 5.41) is 54.4. The van der Waals surface area contributed by atoms with Crippen LogP contribution in [0.5, 0.6) is 0 Å². The molecule has 0 saturated heterocycles. The first-order valence-electron chi connectivity index (χ1n) is 4.31. The van der Waals surface area contributed by atoms with Crippen LogP contribution in [0.2, 0.25) is 0 Å². The second-order valence-corrected chi connectivity index (χ2v) is 3.27. The molecular weight excluding hydrogens is 208 g/mol. The quantitative estimate of drug-likeness (QED) is 0.274. The molecule has 90 valence electrons. The van der Waals surface area contributed by atoms with Crippen molar-refractivity contribution in [2.24, 2.45) is 0 Å². The minimum Gasteiger partial charge on any atom is -0.394 e. The van der Waals surface area contributed by atoms with Crippen LogP contribution in [0.1, 0.15) is 6.92 Å². The molecule has 0 bridgehead atoms. The van der Waals surface area contributed by atoms with Crippen molar-refractivity contribution in [2.45, 2.75) is 30.8 Å². The summed E-state index contributed by atoms with van der Waals surface area (Å²) >= 11 is 0. The highest BCUT2D eigenvalue weighted by Gasteiger charge is 2.49. The smallest absolute Gasteiger partial charge is 0.179 e. The Morgan fingerprint density at radius 1 is 1.20 bits per heavy atom. The molecule has 6 N–H and O–H groups in total. The number of carbonyl (C=O) groups is 1. The molecule has 0 spiro atoms. The summed E-state index contributed by atoms with van der Waals surface area (Å²) in [5.74, 6) is -1.02. The van der Waals surface area contributed by atoms with Crippen LogP contribution >= 0.6 is 0 Å². The highest BCUT2D eigenvalue weighted by Crippen LogP contribution is 2.20. The molecule has 0 radical (unpaired) electrons. The van der Waals surface area contributed by atoms with Gasteiger partial charge < -0.3 is 30.6 Å². The maximum atomic E-state index is 11.1. The van der Waals surface area contributed by atoms with Gasteiger partial charge in [0.1, 0.15) is 18.3 Å². The van der Waals surface area contributed by atoms with E-state index in [1.807, 2.05) is 0 Å². The summed E-state index contributed by atoms with van der Waals surface area (Å²) in [6.07, 6.45) is -5.81. The van der Waals surface area contributed by atoms with E-state index >= 15 is 0 Å². The molecule has 0 aliphatic carbocycles. The van der Waals surface area contributed by atoms with Gasteiger partial charge in [0.2, 0.25) is 0 Å². The van der Waals surface area contributed by atoms with E-state index in [9.17, 15) is 20.1 Å². The van der Waals surface area contributed by atoms with E-state index in [4.69, 9.17) is 15.3 Å². The minimum atomic E-state index is -2.70. The van der Waals surface area contributed by atoms with Gasteiger partial charge in [0.05, 0.1) is 13.2 Å². The molecule has 0 aliphatic rings. The van der Waals surface area contributed by atoms with Crippen molar-refractivity contribution in [2.75, 3.05) is 13.2 Å². The topological polar surface area (TPSA) is 138 Å². The van der Waals surface area contributed by atoms with E-state index in [1.54, 1.807) is 0 Å². The van der Waals surface area contributed by atoms with E-state index < -0.39 is 42.9 Å². The fraction of sp³-hybridized carbons (Fsp3) is 0.875. The molecule has 0 rings (SSSR count). The first-order chi connectivity index (χ1) is 6.82. The van der Waals surface area contributed by atoms with Crippen molar-refractivity contribution in [1.29, 1.82) is 0 Å². The highest BCUT2D eigenvalue weighted by atomic mass is 16.4. The molecule has 0 aromatic heterocycles. The van der Waals surface area contributed by atoms with Gasteiger partial charge in [-0.05, 0) is 6.92 Å². The molecule has 0 aromatic rings. The Morgan fingerprint density at radius 2 is 1.67 bits per heavy atom. The molecule has 4 atom stereocenters. The zero-order valence-corrected chi connectivity index (χ0v) is 8.24. The Labute approximate surface area is 86.2 Å². The number of ketones is 1. The van der Waals surface area contributed by atoms with Gasteiger partial charge in [0.15, 0.2) is 11.4 Å². The molecule has 7 nitrogen and oxygen atoms in total. The number of hydrogen-bond acceptors (Lipinski definition) is 7. The molecule has 7 heteroatoms. The summed E-state index contributed by atoms with van der Waals surface area (Å²) < 4.78 is 0. The van der Waals surface area contributed by atoms with Gasteiger partial charge in [-0.3, -0.25) is 4.79 Å². The molecule has 0 aliphatic heterocycles. The van der Waals surface area contributed by atoms with Gasteiger partial charge in [-0.1, -0.05) is 0 Å². The Morgan fingerprint density at radius 3 is 1.93 bits per heavy atom. The Hall–Kier alpha value is -0.570. The van der Waals surface area contributed by atoms with Crippen molar-refractivity contribution in [3.8, 4) is 0 Å². The monoisotopic (exact) mass is 224 g/mol. The zero-order chi connectivity index (χ0) is 12.2. The van der Waals surface area contributed by atoms with Crippen LogP contribution in [-0.4, -0.2) is 73.5 Å². The summed E-state index contributed by atoms with van der Waals surface area (Å²) in [5.41, 5.74) is -2.70. The average molecular weight is 224 g/mol. The number of hydrogen-bond donors (Lipinski definition) is 6. The molecule has 0 unspecified atom stereocenters. The molecule has 0 fully saturated rings. The fourth-order valence-corrected chi connectivity index (χ4v) is 1.17. The van der Waals surface area contributed by atoms with Crippen molar-refractivity contribution in [3.63, 3.8) is 0 Å². The van der Waals surface area contributed by atoms with Crippen LogP contribution < -0.4 is 0 Å².